The van der Waals surface area contributed by atoms with Gasteiger partial charge in [0.25, 0.3) is 0 Å². The van der Waals surface area contributed by atoms with Crippen LogP contribution in [0.3, 0.4) is 0 Å². The van der Waals surface area contributed by atoms with Gasteiger partial charge in [0.2, 0.25) is 0 Å². The fourth-order valence-electron chi connectivity index (χ4n) is 2.25. The lowest BCUT2D eigenvalue weighted by Crippen LogP contribution is -2.11. The Bertz CT molecular complexity index is 852. The van der Waals surface area contributed by atoms with Crippen LogP contribution in [0.15, 0.2) is 36.4 Å². The Balaban J connectivity index is 2.27. The third kappa shape index (κ3) is 5.09. The topological polar surface area (TPSA) is 80.3 Å². The first-order chi connectivity index (χ1) is 13.4. The van der Waals surface area contributed by atoms with E-state index in [-0.39, 0.29) is 40.7 Å². The number of esters is 2. The van der Waals surface area contributed by atoms with Gasteiger partial charge in [0.15, 0.2) is 23.0 Å². The molecule has 2 aromatic rings. The van der Waals surface area contributed by atoms with Crippen LogP contribution >= 0.6 is 0 Å². The number of halogens is 2. The zero-order valence-electron chi connectivity index (χ0n) is 15.4. The number of hydrogen-bond donors (Lipinski definition) is 0. The largest absolute Gasteiger partial charge is 0.493 e. The second kappa shape index (κ2) is 9.54. The summed E-state index contributed by atoms with van der Waals surface area (Å²) in [6, 6.07) is 7.82. The van der Waals surface area contributed by atoms with E-state index in [1.165, 1.54) is 50.6 Å². The van der Waals surface area contributed by atoms with E-state index >= 15 is 0 Å². The molecule has 7 nitrogen and oxygen atoms in total. The maximum absolute atomic E-state index is 12.5. The number of ether oxygens (including phenoxy) is 5. The lowest BCUT2D eigenvalue weighted by atomic mass is 10.2. The van der Waals surface area contributed by atoms with Crippen molar-refractivity contribution in [3.8, 4) is 23.0 Å². The molecule has 0 bridgehead atoms. The summed E-state index contributed by atoms with van der Waals surface area (Å²) in [5, 5.41) is 0. The quantitative estimate of drug-likeness (QED) is 0.497. The summed E-state index contributed by atoms with van der Waals surface area (Å²) >= 11 is 0. The summed E-state index contributed by atoms with van der Waals surface area (Å²) in [6.45, 7) is -1.19. The van der Waals surface area contributed by atoms with Gasteiger partial charge in [-0.1, -0.05) is 0 Å². The Morgan fingerprint density at radius 2 is 1.50 bits per heavy atom. The molecule has 2 rings (SSSR count). The molecule has 0 aliphatic rings. The molecule has 0 aliphatic carbocycles. The molecule has 0 amide bonds. The number of benzene rings is 2. The molecule has 0 heterocycles. The molecule has 28 heavy (non-hydrogen) atoms. The van der Waals surface area contributed by atoms with Crippen LogP contribution in [0.25, 0.3) is 0 Å². The Labute approximate surface area is 159 Å². The van der Waals surface area contributed by atoms with Crippen molar-refractivity contribution in [2.75, 3.05) is 20.8 Å². The number of hydrogen-bond acceptors (Lipinski definition) is 7. The number of rotatable bonds is 8. The van der Waals surface area contributed by atoms with Crippen molar-refractivity contribution in [3.63, 3.8) is 0 Å². The Morgan fingerprint density at radius 1 is 0.893 bits per heavy atom. The summed E-state index contributed by atoms with van der Waals surface area (Å²) in [7, 11) is 2.58. The maximum Gasteiger partial charge on any atom is 0.387 e. The predicted octanol–water partition coefficient (Wildman–Crippen LogP) is 3.70. The van der Waals surface area contributed by atoms with Gasteiger partial charge in [-0.05, 0) is 43.3 Å². The number of carbonyl (C=O) groups is 2. The molecule has 0 saturated carbocycles. The van der Waals surface area contributed by atoms with Crippen molar-refractivity contribution < 1.29 is 42.1 Å². The van der Waals surface area contributed by atoms with E-state index in [0.29, 0.717) is 0 Å². The van der Waals surface area contributed by atoms with Gasteiger partial charge >= 0.3 is 18.6 Å². The number of methoxy groups -OCH3 is 2. The first-order valence-electron chi connectivity index (χ1n) is 8.09. The fraction of sp³-hybridized carbons (Fsp3) is 0.263. The lowest BCUT2D eigenvalue weighted by molar-refractivity contribution is -0.0514. The Morgan fingerprint density at radius 3 is 2.07 bits per heavy atom. The maximum atomic E-state index is 12.5. The van der Waals surface area contributed by atoms with E-state index in [4.69, 9.17) is 14.2 Å². The average Bonchev–Trinajstić information content (AvgIpc) is 2.68. The van der Waals surface area contributed by atoms with Crippen LogP contribution in [0, 0.1) is 0 Å². The fourth-order valence-corrected chi connectivity index (χ4v) is 2.25. The van der Waals surface area contributed by atoms with Gasteiger partial charge in [-0.25, -0.2) is 9.59 Å². The molecule has 0 saturated heterocycles. The number of alkyl halides is 2. The van der Waals surface area contributed by atoms with Gasteiger partial charge < -0.3 is 23.7 Å². The third-order valence-corrected chi connectivity index (χ3v) is 3.48. The van der Waals surface area contributed by atoms with E-state index in [0.717, 1.165) is 0 Å². The van der Waals surface area contributed by atoms with Crippen molar-refractivity contribution in [3.05, 3.63) is 47.5 Å². The zero-order valence-corrected chi connectivity index (χ0v) is 15.4. The van der Waals surface area contributed by atoms with E-state index in [9.17, 15) is 18.4 Å². The third-order valence-electron chi connectivity index (χ3n) is 3.48. The van der Waals surface area contributed by atoms with Crippen LogP contribution in [-0.2, 0) is 4.74 Å². The van der Waals surface area contributed by atoms with Crippen molar-refractivity contribution in [1.82, 2.24) is 0 Å². The van der Waals surface area contributed by atoms with Gasteiger partial charge in [-0.15, -0.1) is 0 Å². The van der Waals surface area contributed by atoms with Crippen molar-refractivity contribution in [1.29, 1.82) is 0 Å². The second-order valence-corrected chi connectivity index (χ2v) is 5.22. The summed E-state index contributed by atoms with van der Waals surface area (Å²) in [5.74, 6) is -1.38. The van der Waals surface area contributed by atoms with Gasteiger partial charge in [0.1, 0.15) is 0 Å². The van der Waals surface area contributed by atoms with Crippen LogP contribution in [0.1, 0.15) is 27.6 Å². The highest BCUT2D eigenvalue weighted by Crippen LogP contribution is 2.32. The molecule has 150 valence electrons. The first-order valence-corrected chi connectivity index (χ1v) is 8.09. The normalized spacial score (nSPS) is 10.4. The van der Waals surface area contributed by atoms with E-state index in [1.807, 2.05) is 0 Å². The van der Waals surface area contributed by atoms with E-state index in [2.05, 4.69) is 9.47 Å². The smallest absolute Gasteiger partial charge is 0.387 e. The minimum atomic E-state index is -3.03. The molecule has 0 aliphatic heterocycles. The predicted molar refractivity (Wildman–Crippen MR) is 93.5 cm³/mol. The van der Waals surface area contributed by atoms with Gasteiger partial charge in [-0.3, -0.25) is 0 Å². The molecule has 0 radical (unpaired) electrons. The average molecular weight is 396 g/mol. The van der Waals surface area contributed by atoms with Crippen LogP contribution in [0.2, 0.25) is 0 Å². The van der Waals surface area contributed by atoms with Gasteiger partial charge in [0.05, 0.1) is 32.0 Å². The summed E-state index contributed by atoms with van der Waals surface area (Å²) in [6.07, 6.45) is 0. The molecule has 9 heteroatoms. The molecule has 0 atom stereocenters. The molecular formula is C19H18F2O7. The number of carbonyl (C=O) groups excluding carboxylic acids is 2. The van der Waals surface area contributed by atoms with Crippen LogP contribution in [-0.4, -0.2) is 39.4 Å². The Hall–Kier alpha value is -3.36. The van der Waals surface area contributed by atoms with E-state index < -0.39 is 18.6 Å². The SMILES string of the molecule is CCOc1cc(C(=O)Oc2ccc(C(=O)OC)cc2OC)ccc1OC(F)F. The summed E-state index contributed by atoms with van der Waals surface area (Å²) in [4.78, 5) is 24.0. The zero-order chi connectivity index (χ0) is 20.7. The molecule has 0 unspecified atom stereocenters. The highest BCUT2D eigenvalue weighted by molar-refractivity contribution is 5.93. The second-order valence-electron chi connectivity index (χ2n) is 5.22. The minimum Gasteiger partial charge on any atom is -0.493 e. The monoisotopic (exact) mass is 396 g/mol. The first kappa shape index (κ1) is 20.9. The van der Waals surface area contributed by atoms with Crippen LogP contribution < -0.4 is 18.9 Å². The summed E-state index contributed by atoms with van der Waals surface area (Å²) < 4.78 is 49.6. The van der Waals surface area contributed by atoms with Gasteiger partial charge in [-0.2, -0.15) is 8.78 Å². The van der Waals surface area contributed by atoms with Gasteiger partial charge in [0, 0.05) is 0 Å². The van der Waals surface area contributed by atoms with Crippen molar-refractivity contribution >= 4 is 11.9 Å². The molecule has 0 spiro atoms. The molecule has 0 fully saturated rings. The highest BCUT2D eigenvalue weighted by Gasteiger charge is 2.18. The molecule has 0 N–H and O–H groups in total. The highest BCUT2D eigenvalue weighted by atomic mass is 19.3. The summed E-state index contributed by atoms with van der Waals surface area (Å²) in [5.41, 5.74) is 0.260. The van der Waals surface area contributed by atoms with Crippen LogP contribution in [0.5, 0.6) is 23.0 Å². The van der Waals surface area contributed by atoms with Crippen LogP contribution in [0.4, 0.5) is 8.78 Å². The lowest BCUT2D eigenvalue weighted by Gasteiger charge is -2.13. The molecule has 2 aromatic carbocycles. The molecule has 0 aromatic heterocycles. The Kier molecular flexibility index (Phi) is 7.14. The van der Waals surface area contributed by atoms with E-state index in [1.54, 1.807) is 6.92 Å². The van der Waals surface area contributed by atoms with Crippen molar-refractivity contribution in [2.45, 2.75) is 13.5 Å². The standard InChI is InChI=1S/C19H18F2O7/c1-4-26-16-10-12(6-8-14(16)28-19(20)21)18(23)27-13-7-5-11(17(22)25-3)9-15(13)24-2/h5-10,19H,4H2,1-3H3. The van der Waals surface area contributed by atoms with Crippen molar-refractivity contribution in [2.24, 2.45) is 0 Å². The minimum absolute atomic E-state index is 0.0229. The molecular weight excluding hydrogens is 378 g/mol.